The Hall–Kier alpha value is -3.90. The van der Waals surface area contributed by atoms with E-state index < -0.39 is 0 Å². The van der Waals surface area contributed by atoms with E-state index in [0.717, 1.165) is 56.9 Å². The zero-order valence-electron chi connectivity index (χ0n) is 19.7. The molecule has 1 spiro atoms. The number of nitrogens with two attached hydrogens (primary N) is 2. The van der Waals surface area contributed by atoms with E-state index in [1.165, 1.54) is 6.42 Å². The number of phenolic OH excluding ortho intramolecular Hbond substituents is 1. The quantitative estimate of drug-likeness (QED) is 0.494. The lowest BCUT2D eigenvalue weighted by atomic mass is 9.72. The molecule has 180 valence electrons. The molecule has 2 fully saturated rings. The van der Waals surface area contributed by atoms with Gasteiger partial charge in [-0.05, 0) is 61.3 Å². The van der Waals surface area contributed by atoms with Crippen LogP contribution in [-0.4, -0.2) is 58.0 Å². The number of rotatable bonds is 3. The van der Waals surface area contributed by atoms with Gasteiger partial charge in [-0.2, -0.15) is 0 Å². The van der Waals surface area contributed by atoms with E-state index in [-0.39, 0.29) is 11.2 Å². The van der Waals surface area contributed by atoms with Crippen LogP contribution >= 0.6 is 0 Å². The van der Waals surface area contributed by atoms with Crippen molar-refractivity contribution >= 4 is 17.3 Å². The van der Waals surface area contributed by atoms with Crippen molar-refractivity contribution in [3.8, 4) is 28.8 Å². The molecule has 0 amide bonds. The Morgan fingerprint density at radius 2 is 1.86 bits per heavy atom. The van der Waals surface area contributed by atoms with Crippen LogP contribution in [0.5, 0.6) is 5.75 Å². The van der Waals surface area contributed by atoms with Gasteiger partial charge in [0.05, 0.1) is 17.9 Å². The molecule has 2 saturated heterocycles. The highest BCUT2D eigenvalue weighted by Gasteiger charge is 2.39. The zero-order valence-corrected chi connectivity index (χ0v) is 19.7. The van der Waals surface area contributed by atoms with Crippen LogP contribution in [0.25, 0.3) is 11.3 Å². The molecular weight excluding hydrogens is 440 g/mol. The average molecular weight is 471 g/mol. The Morgan fingerprint density at radius 3 is 2.66 bits per heavy atom. The van der Waals surface area contributed by atoms with Crippen molar-refractivity contribution in [2.24, 2.45) is 11.1 Å². The van der Waals surface area contributed by atoms with Crippen molar-refractivity contribution in [1.82, 2.24) is 20.2 Å². The van der Waals surface area contributed by atoms with Crippen LogP contribution in [0.15, 0.2) is 42.6 Å². The number of hydrogen-bond donors (Lipinski definition) is 3. The molecular formula is C26H30N8O. The van der Waals surface area contributed by atoms with Crippen LogP contribution < -0.4 is 21.3 Å². The summed E-state index contributed by atoms with van der Waals surface area (Å²) in [6, 6.07) is 11.0. The van der Waals surface area contributed by atoms with Gasteiger partial charge in [-0.15, -0.1) is 10.2 Å². The minimum absolute atomic E-state index is 0.180. The van der Waals surface area contributed by atoms with Crippen LogP contribution in [-0.2, 0) is 0 Å². The largest absolute Gasteiger partial charge is 0.507 e. The summed E-state index contributed by atoms with van der Waals surface area (Å²) in [6.45, 7) is 4.02. The number of aromatic nitrogens is 4. The minimum Gasteiger partial charge on any atom is -0.507 e. The third-order valence-corrected chi connectivity index (χ3v) is 7.07. The van der Waals surface area contributed by atoms with Crippen molar-refractivity contribution in [2.75, 3.05) is 48.3 Å². The first-order valence-electron chi connectivity index (χ1n) is 12.0. The molecule has 0 bridgehead atoms. The first-order valence-corrected chi connectivity index (χ1v) is 12.0. The fourth-order valence-corrected chi connectivity index (χ4v) is 5.22. The van der Waals surface area contributed by atoms with Crippen molar-refractivity contribution in [3.63, 3.8) is 0 Å². The summed E-state index contributed by atoms with van der Waals surface area (Å²) in [7, 11) is 0. The molecule has 0 unspecified atom stereocenters. The fraction of sp³-hybridized carbons (Fsp3) is 0.385. The highest BCUT2D eigenvalue weighted by molar-refractivity contribution is 5.74. The molecule has 4 heterocycles. The van der Waals surface area contributed by atoms with E-state index in [2.05, 4.69) is 41.8 Å². The van der Waals surface area contributed by atoms with Gasteiger partial charge in [-0.3, -0.25) is 0 Å². The second-order valence-corrected chi connectivity index (χ2v) is 9.27. The first-order chi connectivity index (χ1) is 17.1. The number of phenols is 1. The SMILES string of the molecule is NCC#Cc1nccc(N2CCCC3(CCN(c4cc(-c5ccccc5O)nnc4N)CC3)C2)n1. The topological polar surface area (TPSA) is 130 Å². The number of piperidine rings is 2. The van der Waals surface area contributed by atoms with Gasteiger partial charge >= 0.3 is 0 Å². The van der Waals surface area contributed by atoms with Gasteiger partial charge in [-0.25, -0.2) is 9.97 Å². The van der Waals surface area contributed by atoms with Crippen LogP contribution in [0, 0.1) is 17.3 Å². The monoisotopic (exact) mass is 470 g/mol. The summed E-state index contributed by atoms with van der Waals surface area (Å²) in [5.74, 6) is 7.80. The molecule has 9 heteroatoms. The number of anilines is 3. The zero-order chi connectivity index (χ0) is 24.3. The normalized spacial score (nSPS) is 17.2. The van der Waals surface area contributed by atoms with E-state index >= 15 is 0 Å². The maximum atomic E-state index is 10.2. The van der Waals surface area contributed by atoms with Gasteiger partial charge in [0, 0.05) is 37.9 Å². The Balaban J connectivity index is 1.30. The highest BCUT2D eigenvalue weighted by Crippen LogP contribution is 2.42. The lowest BCUT2D eigenvalue weighted by molar-refractivity contribution is 0.178. The van der Waals surface area contributed by atoms with Crippen molar-refractivity contribution in [1.29, 1.82) is 0 Å². The predicted molar refractivity (Wildman–Crippen MR) is 137 cm³/mol. The first kappa shape index (κ1) is 22.9. The van der Waals surface area contributed by atoms with Gasteiger partial charge in [-0.1, -0.05) is 18.1 Å². The van der Waals surface area contributed by atoms with Crippen molar-refractivity contribution in [3.05, 3.63) is 48.4 Å². The van der Waals surface area contributed by atoms with Crippen LogP contribution in [0.1, 0.15) is 31.5 Å². The lowest BCUT2D eigenvalue weighted by Gasteiger charge is -2.48. The summed E-state index contributed by atoms with van der Waals surface area (Å²) in [6.07, 6.45) is 6.22. The van der Waals surface area contributed by atoms with E-state index in [1.54, 1.807) is 18.3 Å². The van der Waals surface area contributed by atoms with Gasteiger partial charge in [0.1, 0.15) is 11.6 Å². The van der Waals surface area contributed by atoms with E-state index in [1.807, 2.05) is 24.3 Å². The summed E-state index contributed by atoms with van der Waals surface area (Å²) in [5, 5.41) is 18.7. The Bertz CT molecular complexity index is 1260. The number of aromatic hydroxyl groups is 1. The molecule has 3 aromatic rings. The van der Waals surface area contributed by atoms with Crippen molar-refractivity contribution in [2.45, 2.75) is 25.7 Å². The number of nitrogens with zero attached hydrogens (tertiary/aromatic N) is 6. The molecule has 1 aromatic carbocycles. The third kappa shape index (κ3) is 4.84. The van der Waals surface area contributed by atoms with E-state index in [9.17, 15) is 5.11 Å². The summed E-state index contributed by atoms with van der Waals surface area (Å²) >= 11 is 0. The average Bonchev–Trinajstić information content (AvgIpc) is 2.89. The Morgan fingerprint density at radius 1 is 1.03 bits per heavy atom. The molecule has 0 atom stereocenters. The van der Waals surface area contributed by atoms with Gasteiger partial charge in [0.2, 0.25) is 5.82 Å². The van der Waals surface area contributed by atoms with Crippen molar-refractivity contribution < 1.29 is 5.11 Å². The standard InChI is InChI=1S/C26H30N8O/c27-12-3-7-23-29-13-8-24(30-23)34-14-4-9-26(18-34)10-15-33(16-11-26)21-17-20(31-32-25(21)28)19-5-1-2-6-22(19)35/h1-2,5-6,8,13,17,35H,4,9-12,14-16,18,27H2,(H2,28,32). The highest BCUT2D eigenvalue weighted by atomic mass is 16.3. The number of para-hydroxylation sites is 1. The number of hydrogen-bond acceptors (Lipinski definition) is 9. The molecule has 5 N–H and O–H groups in total. The van der Waals surface area contributed by atoms with E-state index in [4.69, 9.17) is 11.5 Å². The molecule has 0 aliphatic carbocycles. The maximum Gasteiger partial charge on any atom is 0.206 e. The minimum atomic E-state index is 0.180. The molecule has 5 rings (SSSR count). The van der Waals surface area contributed by atoms with Gasteiger partial charge in [0.25, 0.3) is 0 Å². The number of nitrogen functional groups attached to an aromatic ring is 1. The van der Waals surface area contributed by atoms with Crippen LogP contribution in [0.4, 0.5) is 17.3 Å². The van der Waals surface area contributed by atoms with Gasteiger partial charge < -0.3 is 26.4 Å². The molecule has 2 aliphatic rings. The molecule has 0 radical (unpaired) electrons. The molecule has 35 heavy (non-hydrogen) atoms. The summed E-state index contributed by atoms with van der Waals surface area (Å²) in [5.41, 5.74) is 14.1. The third-order valence-electron chi connectivity index (χ3n) is 7.07. The molecule has 2 aliphatic heterocycles. The second-order valence-electron chi connectivity index (χ2n) is 9.27. The predicted octanol–water partition coefficient (Wildman–Crippen LogP) is 2.42. The van der Waals surface area contributed by atoms with Crippen LogP contribution in [0.3, 0.4) is 0 Å². The summed E-state index contributed by atoms with van der Waals surface area (Å²) < 4.78 is 0. The Kier molecular flexibility index (Phi) is 6.38. The maximum absolute atomic E-state index is 10.2. The lowest BCUT2D eigenvalue weighted by Crippen LogP contribution is -2.50. The van der Waals surface area contributed by atoms with Crippen LogP contribution in [0.2, 0.25) is 0 Å². The van der Waals surface area contributed by atoms with E-state index in [0.29, 0.717) is 29.4 Å². The number of benzene rings is 1. The fourth-order valence-electron chi connectivity index (χ4n) is 5.22. The Labute approximate surface area is 205 Å². The molecule has 9 nitrogen and oxygen atoms in total. The smallest absolute Gasteiger partial charge is 0.206 e. The molecule has 2 aromatic heterocycles. The molecule has 0 saturated carbocycles. The summed E-state index contributed by atoms with van der Waals surface area (Å²) in [4.78, 5) is 13.6. The van der Waals surface area contributed by atoms with Gasteiger partial charge in [0.15, 0.2) is 5.82 Å². The second kappa shape index (κ2) is 9.76.